The first-order valence-corrected chi connectivity index (χ1v) is 9.54. The summed E-state index contributed by atoms with van der Waals surface area (Å²) < 4.78 is 7.84. The highest BCUT2D eigenvalue weighted by atomic mass is 16.4. The fraction of sp³-hybridized carbons (Fsp3) is 0.250. The highest BCUT2D eigenvalue weighted by Crippen LogP contribution is 2.31. The Morgan fingerprint density at radius 2 is 1.90 bits per heavy atom. The Morgan fingerprint density at radius 3 is 2.72 bits per heavy atom. The minimum Gasteiger partial charge on any atom is -0.414 e. The lowest BCUT2D eigenvalue weighted by Crippen LogP contribution is -2.29. The third kappa shape index (κ3) is 3.47. The molecule has 0 spiro atoms. The minimum absolute atomic E-state index is 0.309. The fourth-order valence-electron chi connectivity index (χ4n) is 3.49. The Morgan fingerprint density at radius 1 is 1.03 bits per heavy atom. The molecule has 29 heavy (non-hydrogen) atoms. The third-order valence-electron chi connectivity index (χ3n) is 5.08. The topological polar surface area (TPSA) is 121 Å². The quantitative estimate of drug-likeness (QED) is 0.547. The monoisotopic (exact) mass is 388 g/mol. The van der Waals surface area contributed by atoms with Gasteiger partial charge < -0.3 is 15.5 Å². The first-order valence-electron chi connectivity index (χ1n) is 9.54. The van der Waals surface area contributed by atoms with Gasteiger partial charge in [-0.25, -0.2) is 4.98 Å². The minimum atomic E-state index is 0.309. The van der Waals surface area contributed by atoms with E-state index in [1.165, 1.54) is 0 Å². The average molecular weight is 388 g/mol. The van der Waals surface area contributed by atoms with Crippen molar-refractivity contribution in [1.29, 1.82) is 0 Å². The maximum Gasteiger partial charge on any atom is 0.266 e. The highest BCUT2D eigenvalue weighted by molar-refractivity contribution is 5.75. The van der Waals surface area contributed by atoms with Crippen molar-refractivity contribution in [3.05, 3.63) is 49.1 Å². The van der Waals surface area contributed by atoms with E-state index in [4.69, 9.17) is 10.2 Å². The summed E-state index contributed by atoms with van der Waals surface area (Å²) in [6, 6.07) is 7.83. The van der Waals surface area contributed by atoms with E-state index in [1.807, 2.05) is 35.1 Å². The molecular formula is C20H20N8O. The maximum absolute atomic E-state index is 6.09. The Kier molecular flexibility index (Phi) is 4.49. The molecule has 0 unspecified atom stereocenters. The van der Waals surface area contributed by atoms with Gasteiger partial charge in [0.25, 0.3) is 11.8 Å². The van der Waals surface area contributed by atoms with E-state index in [-0.39, 0.29) is 0 Å². The van der Waals surface area contributed by atoms with Crippen molar-refractivity contribution in [2.45, 2.75) is 18.9 Å². The Hall–Kier alpha value is -3.59. The van der Waals surface area contributed by atoms with Crippen molar-refractivity contribution in [2.24, 2.45) is 0 Å². The molecule has 3 N–H and O–H groups in total. The number of nitrogens with two attached hydrogens (primary N) is 1. The number of pyridine rings is 2. The molecule has 146 valence electrons. The summed E-state index contributed by atoms with van der Waals surface area (Å²) in [6.07, 6.45) is 9.47. The van der Waals surface area contributed by atoms with E-state index in [9.17, 15) is 0 Å². The van der Waals surface area contributed by atoms with Crippen LogP contribution in [0.2, 0.25) is 0 Å². The molecule has 1 aliphatic rings. The molecule has 4 aromatic heterocycles. The van der Waals surface area contributed by atoms with Crippen LogP contribution in [0.4, 0.5) is 5.82 Å². The fourth-order valence-corrected chi connectivity index (χ4v) is 3.49. The number of aromatic nitrogens is 6. The van der Waals surface area contributed by atoms with Crippen molar-refractivity contribution in [2.75, 3.05) is 18.8 Å². The third-order valence-corrected chi connectivity index (χ3v) is 5.08. The van der Waals surface area contributed by atoms with Crippen LogP contribution < -0.4 is 11.1 Å². The number of nitrogen functional groups attached to an aromatic ring is 1. The molecule has 0 saturated carbocycles. The number of nitrogens with zero attached hydrogens (tertiary/aromatic N) is 6. The smallest absolute Gasteiger partial charge is 0.266 e. The zero-order valence-electron chi connectivity index (χ0n) is 15.7. The van der Waals surface area contributed by atoms with Gasteiger partial charge in [-0.1, -0.05) is 6.07 Å². The van der Waals surface area contributed by atoms with Gasteiger partial charge in [-0.2, -0.15) is 5.10 Å². The predicted molar refractivity (Wildman–Crippen MR) is 108 cm³/mol. The largest absolute Gasteiger partial charge is 0.414 e. The van der Waals surface area contributed by atoms with Crippen LogP contribution in [0.1, 0.15) is 18.9 Å². The molecule has 0 aromatic carbocycles. The van der Waals surface area contributed by atoms with E-state index in [0.717, 1.165) is 37.1 Å². The normalized spacial score (nSPS) is 14.9. The van der Waals surface area contributed by atoms with Gasteiger partial charge in [-0.05, 0) is 44.1 Å². The lowest BCUT2D eigenvalue weighted by Gasteiger charge is -2.22. The van der Waals surface area contributed by atoms with Crippen molar-refractivity contribution >= 4 is 5.82 Å². The van der Waals surface area contributed by atoms with Crippen LogP contribution in [0.5, 0.6) is 0 Å². The highest BCUT2D eigenvalue weighted by Gasteiger charge is 2.18. The summed E-state index contributed by atoms with van der Waals surface area (Å²) in [5, 5.41) is 16.2. The van der Waals surface area contributed by atoms with Crippen LogP contribution in [0.3, 0.4) is 0 Å². The van der Waals surface area contributed by atoms with E-state index in [1.54, 1.807) is 12.4 Å². The van der Waals surface area contributed by atoms with Crippen LogP contribution in [-0.2, 0) is 0 Å². The van der Waals surface area contributed by atoms with Crippen molar-refractivity contribution in [1.82, 2.24) is 35.3 Å². The standard InChI is InChI=1S/C20H20N8O/c21-18-16(19-26-27-20(29-19)17-3-1-2-6-23-17)9-13(10-24-18)14-11-25-28(12-14)15-4-7-22-8-5-15/h1-3,6,9-12,15,22H,4-5,7-8H2,(H2,21,24). The first kappa shape index (κ1) is 17.5. The maximum atomic E-state index is 6.09. The van der Waals surface area contributed by atoms with Gasteiger partial charge in [0.05, 0.1) is 17.8 Å². The Labute approximate surface area is 167 Å². The van der Waals surface area contributed by atoms with Gasteiger partial charge in [-0.15, -0.1) is 10.2 Å². The van der Waals surface area contributed by atoms with Gasteiger partial charge in [-0.3, -0.25) is 9.67 Å². The molecule has 5 rings (SSSR count). The molecule has 9 nitrogen and oxygen atoms in total. The SMILES string of the molecule is Nc1ncc(-c2cnn(C3CCNCC3)c2)cc1-c1nnc(-c2ccccn2)o1. The summed E-state index contributed by atoms with van der Waals surface area (Å²) in [4.78, 5) is 8.56. The summed E-state index contributed by atoms with van der Waals surface area (Å²) >= 11 is 0. The zero-order chi connectivity index (χ0) is 19.6. The summed E-state index contributed by atoms with van der Waals surface area (Å²) in [7, 11) is 0. The molecule has 5 heterocycles. The molecule has 0 amide bonds. The van der Waals surface area contributed by atoms with Gasteiger partial charge >= 0.3 is 0 Å². The van der Waals surface area contributed by atoms with Crippen LogP contribution >= 0.6 is 0 Å². The molecule has 1 saturated heterocycles. The van der Waals surface area contributed by atoms with Crippen LogP contribution in [0.25, 0.3) is 34.2 Å². The molecule has 0 atom stereocenters. The number of piperidine rings is 1. The summed E-state index contributed by atoms with van der Waals surface area (Å²) in [5.41, 5.74) is 9.15. The van der Waals surface area contributed by atoms with Crippen LogP contribution in [0, 0.1) is 0 Å². The molecule has 9 heteroatoms. The number of hydrogen-bond acceptors (Lipinski definition) is 8. The molecule has 0 radical (unpaired) electrons. The van der Waals surface area contributed by atoms with Gasteiger partial charge in [0.15, 0.2) is 0 Å². The second-order valence-electron chi connectivity index (χ2n) is 6.97. The first-order chi connectivity index (χ1) is 14.3. The molecular weight excluding hydrogens is 368 g/mol. The van der Waals surface area contributed by atoms with Crippen molar-refractivity contribution < 1.29 is 4.42 Å². The zero-order valence-corrected chi connectivity index (χ0v) is 15.7. The second kappa shape index (κ2) is 7.44. The van der Waals surface area contributed by atoms with Gasteiger partial charge in [0.2, 0.25) is 0 Å². The van der Waals surface area contributed by atoms with Crippen LogP contribution in [0.15, 0.2) is 53.5 Å². The van der Waals surface area contributed by atoms with Crippen molar-refractivity contribution in [3.8, 4) is 34.2 Å². The Balaban J connectivity index is 1.45. The Bertz CT molecular complexity index is 1110. The lowest BCUT2D eigenvalue weighted by molar-refractivity contribution is 0.343. The van der Waals surface area contributed by atoms with E-state index < -0.39 is 0 Å². The average Bonchev–Trinajstić information content (AvgIpc) is 3.46. The van der Waals surface area contributed by atoms with E-state index >= 15 is 0 Å². The van der Waals surface area contributed by atoms with E-state index in [0.29, 0.717) is 34.9 Å². The van der Waals surface area contributed by atoms with Gasteiger partial charge in [0, 0.05) is 29.7 Å². The molecule has 4 aromatic rings. The van der Waals surface area contributed by atoms with Gasteiger partial charge in [0.1, 0.15) is 11.5 Å². The number of nitrogens with one attached hydrogen (secondary N) is 1. The van der Waals surface area contributed by atoms with E-state index in [2.05, 4.69) is 36.8 Å². The second-order valence-corrected chi connectivity index (χ2v) is 6.97. The molecule has 1 fully saturated rings. The molecule has 1 aliphatic heterocycles. The molecule has 0 bridgehead atoms. The van der Waals surface area contributed by atoms with Crippen LogP contribution in [-0.4, -0.2) is 43.0 Å². The number of hydrogen-bond donors (Lipinski definition) is 2. The predicted octanol–water partition coefficient (Wildman–Crippen LogP) is 2.56. The molecule has 0 aliphatic carbocycles. The summed E-state index contributed by atoms with van der Waals surface area (Å²) in [6.45, 7) is 2.03. The summed E-state index contributed by atoms with van der Waals surface area (Å²) in [5.74, 6) is 0.975. The van der Waals surface area contributed by atoms with Crippen molar-refractivity contribution in [3.63, 3.8) is 0 Å². The number of anilines is 1. The number of rotatable bonds is 4. The lowest BCUT2D eigenvalue weighted by atomic mass is 10.1.